The molecule has 1 fully saturated rings. The molecule has 0 spiro atoms. The molecule has 0 atom stereocenters. The Morgan fingerprint density at radius 1 is 0.762 bits per heavy atom. The van der Waals surface area contributed by atoms with Crippen LogP contribution in [0, 0.1) is 0 Å². The van der Waals surface area contributed by atoms with E-state index in [1.54, 1.807) is 11.6 Å². The molecule has 0 radical (unpaired) electrons. The van der Waals surface area contributed by atoms with Crippen molar-refractivity contribution in [2.75, 3.05) is 30.7 Å². The van der Waals surface area contributed by atoms with Crippen LogP contribution in [-0.4, -0.2) is 36.2 Å². The van der Waals surface area contributed by atoms with Gasteiger partial charge in [-0.3, -0.25) is 4.79 Å². The molecule has 1 aliphatic heterocycles. The van der Waals surface area contributed by atoms with Crippen molar-refractivity contribution in [3.05, 3.63) is 143 Å². The number of amides is 1. The summed E-state index contributed by atoms with van der Waals surface area (Å²) >= 11 is 1.82. The zero-order chi connectivity index (χ0) is 28.6. The summed E-state index contributed by atoms with van der Waals surface area (Å²) in [5, 5.41) is 3.06. The predicted octanol–water partition coefficient (Wildman–Crippen LogP) is 8.90. The SMILES string of the molecule is O=C(/C=C/c1ccccc1)Nc1ccccc1SCCCN1CCC(=C2c3ccccc3C=Cc3ccccc32)CC1. The Morgan fingerprint density at radius 3 is 2.10 bits per heavy atom. The third-order valence-electron chi connectivity index (χ3n) is 7.96. The topological polar surface area (TPSA) is 32.3 Å². The maximum absolute atomic E-state index is 12.5. The van der Waals surface area contributed by atoms with Gasteiger partial charge in [-0.05, 0) is 83.2 Å². The van der Waals surface area contributed by atoms with E-state index in [0.29, 0.717) is 0 Å². The zero-order valence-corrected chi connectivity index (χ0v) is 24.7. The maximum Gasteiger partial charge on any atom is 0.248 e. The van der Waals surface area contributed by atoms with Crippen LogP contribution >= 0.6 is 11.8 Å². The highest BCUT2D eigenvalue weighted by Gasteiger charge is 2.22. The lowest BCUT2D eigenvalue weighted by Gasteiger charge is -2.30. The van der Waals surface area contributed by atoms with Crippen LogP contribution in [0.5, 0.6) is 0 Å². The maximum atomic E-state index is 12.5. The highest BCUT2D eigenvalue weighted by molar-refractivity contribution is 7.99. The summed E-state index contributed by atoms with van der Waals surface area (Å²) in [6, 6.07) is 35.6. The minimum absolute atomic E-state index is 0.111. The molecule has 210 valence electrons. The number of thioether (sulfide) groups is 1. The Kier molecular flexibility index (Phi) is 9.14. The molecule has 2 aliphatic rings. The smallest absolute Gasteiger partial charge is 0.248 e. The Labute approximate surface area is 253 Å². The van der Waals surface area contributed by atoms with Crippen molar-refractivity contribution in [3.63, 3.8) is 0 Å². The van der Waals surface area contributed by atoms with Gasteiger partial charge in [-0.1, -0.05) is 109 Å². The number of nitrogens with one attached hydrogen (secondary N) is 1. The molecule has 4 heteroatoms. The van der Waals surface area contributed by atoms with Crippen LogP contribution in [0.1, 0.15) is 47.1 Å². The second-order valence-electron chi connectivity index (χ2n) is 10.8. The number of para-hydroxylation sites is 1. The van der Waals surface area contributed by atoms with Gasteiger partial charge in [-0.15, -0.1) is 11.8 Å². The van der Waals surface area contributed by atoms with Gasteiger partial charge < -0.3 is 10.2 Å². The third-order valence-corrected chi connectivity index (χ3v) is 9.12. The Balaban J connectivity index is 1.03. The number of likely N-dealkylation sites (tertiary alicyclic amines) is 1. The van der Waals surface area contributed by atoms with Crippen molar-refractivity contribution >= 4 is 47.2 Å². The van der Waals surface area contributed by atoms with Crippen LogP contribution in [0.3, 0.4) is 0 Å². The monoisotopic (exact) mass is 568 g/mol. The summed E-state index contributed by atoms with van der Waals surface area (Å²) in [5.41, 5.74) is 10.2. The van der Waals surface area contributed by atoms with Gasteiger partial charge >= 0.3 is 0 Å². The number of anilines is 1. The number of carbonyl (C=O) groups excluding carboxylic acids is 1. The van der Waals surface area contributed by atoms with Crippen LogP contribution in [0.25, 0.3) is 23.8 Å². The fourth-order valence-corrected chi connectivity index (χ4v) is 6.76. The molecule has 3 nitrogen and oxygen atoms in total. The summed E-state index contributed by atoms with van der Waals surface area (Å²) in [7, 11) is 0. The van der Waals surface area contributed by atoms with Gasteiger partial charge in [0.15, 0.2) is 0 Å². The summed E-state index contributed by atoms with van der Waals surface area (Å²) < 4.78 is 0. The third kappa shape index (κ3) is 6.84. The van der Waals surface area contributed by atoms with E-state index < -0.39 is 0 Å². The van der Waals surface area contributed by atoms with Gasteiger partial charge in [-0.25, -0.2) is 0 Å². The summed E-state index contributed by atoms with van der Waals surface area (Å²) in [6.45, 7) is 3.29. The van der Waals surface area contributed by atoms with E-state index in [1.807, 2.05) is 66.4 Å². The van der Waals surface area contributed by atoms with Crippen molar-refractivity contribution in [1.82, 2.24) is 4.90 Å². The summed E-state index contributed by atoms with van der Waals surface area (Å²) in [5.74, 6) is 0.906. The molecule has 1 aliphatic carbocycles. The molecular weight excluding hydrogens is 532 g/mol. The minimum Gasteiger partial charge on any atom is -0.321 e. The first kappa shape index (κ1) is 28.0. The molecule has 1 saturated heterocycles. The standard InChI is InChI=1S/C38H36N2OS/c41-37(22-19-29-11-2-1-3-12-29)39-35-17-8-9-18-36(35)42-28-10-25-40-26-23-32(24-27-40)38-33-15-6-4-13-30(33)20-21-31-14-5-7-16-34(31)38/h1-9,11-22H,10,23-28H2,(H,39,41)/b22-19+. The van der Waals surface area contributed by atoms with Crippen LogP contribution < -0.4 is 5.32 Å². The Hall–Kier alpha value is -4.12. The number of fused-ring (bicyclic) bond motifs is 2. The highest BCUT2D eigenvalue weighted by atomic mass is 32.2. The van der Waals surface area contributed by atoms with Crippen molar-refractivity contribution in [2.45, 2.75) is 24.2 Å². The van der Waals surface area contributed by atoms with Crippen molar-refractivity contribution < 1.29 is 4.79 Å². The molecule has 1 N–H and O–H groups in total. The van der Waals surface area contributed by atoms with Crippen molar-refractivity contribution in [1.29, 1.82) is 0 Å². The fourth-order valence-electron chi connectivity index (χ4n) is 5.82. The number of hydrogen-bond acceptors (Lipinski definition) is 3. The molecule has 42 heavy (non-hydrogen) atoms. The van der Waals surface area contributed by atoms with Gasteiger partial charge in [0.1, 0.15) is 0 Å². The number of benzene rings is 4. The highest BCUT2D eigenvalue weighted by Crippen LogP contribution is 2.38. The van der Waals surface area contributed by atoms with E-state index in [1.165, 1.54) is 27.8 Å². The van der Waals surface area contributed by atoms with Gasteiger partial charge in [0.25, 0.3) is 0 Å². The first-order chi connectivity index (χ1) is 20.7. The fraction of sp³-hybridized carbons (Fsp3) is 0.184. The average Bonchev–Trinajstić information content (AvgIpc) is 3.21. The molecule has 4 aromatic rings. The van der Waals surface area contributed by atoms with Crippen LogP contribution in [0.2, 0.25) is 0 Å². The number of carbonyl (C=O) groups is 1. The van der Waals surface area contributed by atoms with Gasteiger partial charge in [0, 0.05) is 24.1 Å². The number of nitrogens with zero attached hydrogens (tertiary/aromatic N) is 1. The van der Waals surface area contributed by atoms with E-state index >= 15 is 0 Å². The molecule has 6 rings (SSSR count). The molecule has 0 saturated carbocycles. The van der Waals surface area contributed by atoms with Crippen LogP contribution in [0.15, 0.2) is 120 Å². The van der Waals surface area contributed by atoms with Gasteiger partial charge in [0.2, 0.25) is 5.91 Å². The van der Waals surface area contributed by atoms with E-state index in [4.69, 9.17) is 0 Å². The lowest BCUT2D eigenvalue weighted by atomic mass is 9.86. The lowest BCUT2D eigenvalue weighted by molar-refractivity contribution is -0.111. The van der Waals surface area contributed by atoms with Crippen molar-refractivity contribution in [2.24, 2.45) is 0 Å². The first-order valence-electron chi connectivity index (χ1n) is 14.8. The second kappa shape index (κ2) is 13.7. The number of hydrogen-bond donors (Lipinski definition) is 1. The predicted molar refractivity (Wildman–Crippen MR) is 179 cm³/mol. The lowest BCUT2D eigenvalue weighted by Crippen LogP contribution is -2.32. The van der Waals surface area contributed by atoms with Gasteiger partial charge in [-0.2, -0.15) is 0 Å². The quantitative estimate of drug-likeness (QED) is 0.115. The molecule has 1 amide bonds. The van der Waals surface area contributed by atoms with Crippen LogP contribution in [0.4, 0.5) is 5.69 Å². The second-order valence-corrected chi connectivity index (χ2v) is 11.9. The average molecular weight is 569 g/mol. The van der Waals surface area contributed by atoms with E-state index in [-0.39, 0.29) is 5.91 Å². The molecule has 4 aromatic carbocycles. The summed E-state index contributed by atoms with van der Waals surface area (Å²) in [4.78, 5) is 16.3. The van der Waals surface area contributed by atoms with Gasteiger partial charge in [0.05, 0.1) is 5.69 Å². The minimum atomic E-state index is -0.111. The van der Waals surface area contributed by atoms with E-state index in [9.17, 15) is 4.79 Å². The van der Waals surface area contributed by atoms with E-state index in [0.717, 1.165) is 60.8 Å². The molecular formula is C38H36N2OS. The molecule has 1 heterocycles. The largest absolute Gasteiger partial charge is 0.321 e. The summed E-state index contributed by atoms with van der Waals surface area (Å²) in [6.07, 6.45) is 11.3. The number of piperidine rings is 1. The number of rotatable bonds is 8. The first-order valence-corrected chi connectivity index (χ1v) is 15.8. The van der Waals surface area contributed by atoms with Crippen LogP contribution in [-0.2, 0) is 4.79 Å². The normalized spacial score (nSPS) is 14.9. The zero-order valence-electron chi connectivity index (χ0n) is 23.8. The molecule has 0 unspecified atom stereocenters. The van der Waals surface area contributed by atoms with E-state index in [2.05, 4.69) is 77.0 Å². The Bertz CT molecular complexity index is 1570. The van der Waals surface area contributed by atoms with Crippen molar-refractivity contribution in [3.8, 4) is 0 Å². The molecule has 0 aromatic heterocycles. The Morgan fingerprint density at radius 2 is 1.38 bits per heavy atom. The molecule has 0 bridgehead atoms.